The Kier molecular flexibility index (Phi) is 7.33. The maximum atomic E-state index is 14.7. The standard InChI is InChI=1S/C34H30F2N4O3S/c1-34(2,3)25-10-8-24(9-11-25)23-6-4-22(5-7-23)18-32-37-31(29-17-12-26(35)19-30(29)36)20-39(32)27-13-15-28(16-14-27)40-21-33(41)38-44(40,42)43/h4-17,19-20H,18,21H2,1-3H3,(H,38,41). The lowest BCUT2D eigenvalue weighted by Crippen LogP contribution is -2.29. The second kappa shape index (κ2) is 11.0. The molecule has 0 radical (unpaired) electrons. The van der Waals surface area contributed by atoms with E-state index in [9.17, 15) is 22.0 Å². The predicted octanol–water partition coefficient (Wildman–Crippen LogP) is 6.55. The molecule has 0 aliphatic carbocycles. The van der Waals surface area contributed by atoms with Gasteiger partial charge in [0.05, 0.1) is 11.4 Å². The average Bonchev–Trinajstić information content (AvgIpc) is 3.51. The van der Waals surface area contributed by atoms with Crippen LogP contribution in [0.5, 0.6) is 0 Å². The molecule has 1 aromatic heterocycles. The number of halogens is 2. The Morgan fingerprint density at radius 1 is 0.841 bits per heavy atom. The molecule has 1 aliphatic rings. The summed E-state index contributed by atoms with van der Waals surface area (Å²) in [5, 5.41) is 0. The number of hydrogen-bond acceptors (Lipinski definition) is 4. The van der Waals surface area contributed by atoms with Crippen molar-refractivity contribution in [2.75, 3.05) is 10.8 Å². The van der Waals surface area contributed by atoms with Gasteiger partial charge in [0.15, 0.2) is 0 Å². The second-order valence-electron chi connectivity index (χ2n) is 11.8. The van der Waals surface area contributed by atoms with Crippen LogP contribution in [0.25, 0.3) is 28.1 Å². The minimum Gasteiger partial charge on any atom is -0.303 e. The smallest absolute Gasteiger partial charge is 0.303 e. The van der Waals surface area contributed by atoms with Crippen LogP contribution in [0.4, 0.5) is 14.5 Å². The lowest BCUT2D eigenvalue weighted by molar-refractivity contribution is -0.117. The first-order chi connectivity index (χ1) is 20.9. The van der Waals surface area contributed by atoms with Crippen LogP contribution in [-0.2, 0) is 26.8 Å². The molecule has 44 heavy (non-hydrogen) atoms. The first-order valence-corrected chi connectivity index (χ1v) is 15.5. The number of carbonyl (C=O) groups is 1. The summed E-state index contributed by atoms with van der Waals surface area (Å²) in [6.07, 6.45) is 2.08. The summed E-state index contributed by atoms with van der Waals surface area (Å²) in [6, 6.07) is 26.6. The Hall–Kier alpha value is -4.83. The molecule has 0 saturated carbocycles. The van der Waals surface area contributed by atoms with E-state index in [0.717, 1.165) is 27.1 Å². The van der Waals surface area contributed by atoms with E-state index < -0.39 is 27.8 Å². The van der Waals surface area contributed by atoms with Gasteiger partial charge < -0.3 is 4.57 Å². The third kappa shape index (κ3) is 5.85. The van der Waals surface area contributed by atoms with Crippen molar-refractivity contribution in [1.82, 2.24) is 14.3 Å². The van der Waals surface area contributed by atoms with Crippen molar-refractivity contribution in [3.63, 3.8) is 0 Å². The highest BCUT2D eigenvalue weighted by atomic mass is 32.2. The molecule has 0 bridgehead atoms. The van der Waals surface area contributed by atoms with Gasteiger partial charge in [-0.05, 0) is 64.1 Å². The van der Waals surface area contributed by atoms with Crippen LogP contribution in [0.2, 0.25) is 0 Å². The minimum absolute atomic E-state index is 0.0719. The van der Waals surface area contributed by atoms with Crippen LogP contribution in [0.1, 0.15) is 37.7 Å². The zero-order valence-electron chi connectivity index (χ0n) is 24.4. The van der Waals surface area contributed by atoms with Crippen molar-refractivity contribution in [2.45, 2.75) is 32.6 Å². The van der Waals surface area contributed by atoms with Crippen LogP contribution in [0, 0.1) is 11.6 Å². The van der Waals surface area contributed by atoms with E-state index >= 15 is 0 Å². The van der Waals surface area contributed by atoms with Gasteiger partial charge in [-0.25, -0.2) is 22.8 Å². The summed E-state index contributed by atoms with van der Waals surface area (Å²) in [6.45, 7) is 6.25. The summed E-state index contributed by atoms with van der Waals surface area (Å²) in [5.74, 6) is -1.41. The maximum absolute atomic E-state index is 14.7. The summed E-state index contributed by atoms with van der Waals surface area (Å²) < 4.78 is 57.7. The van der Waals surface area contributed by atoms with Crippen molar-refractivity contribution in [3.8, 4) is 28.1 Å². The van der Waals surface area contributed by atoms with E-state index in [4.69, 9.17) is 4.98 Å². The van der Waals surface area contributed by atoms with Crippen LogP contribution in [-0.4, -0.2) is 30.4 Å². The minimum atomic E-state index is -3.95. The lowest BCUT2D eigenvalue weighted by Gasteiger charge is -2.19. The molecule has 1 aliphatic heterocycles. The molecule has 7 nitrogen and oxygen atoms in total. The Morgan fingerprint density at radius 2 is 1.45 bits per heavy atom. The molecule has 1 N–H and O–H groups in total. The predicted molar refractivity (Wildman–Crippen MR) is 167 cm³/mol. The summed E-state index contributed by atoms with van der Waals surface area (Å²) in [7, 11) is -3.95. The number of aromatic nitrogens is 2. The van der Waals surface area contributed by atoms with Crippen molar-refractivity contribution < 1.29 is 22.0 Å². The third-order valence-corrected chi connectivity index (χ3v) is 9.03. The Labute approximate surface area is 255 Å². The molecule has 0 unspecified atom stereocenters. The zero-order valence-corrected chi connectivity index (χ0v) is 25.2. The number of anilines is 1. The monoisotopic (exact) mass is 612 g/mol. The van der Waals surface area contributed by atoms with Crippen LogP contribution < -0.4 is 9.03 Å². The topological polar surface area (TPSA) is 84.3 Å². The van der Waals surface area contributed by atoms with Crippen molar-refractivity contribution >= 4 is 21.8 Å². The molecule has 2 heterocycles. The number of carbonyl (C=O) groups excluding carboxylic acids is 1. The number of rotatable bonds is 6. The molecule has 1 fully saturated rings. The number of benzene rings is 4. The third-order valence-electron chi connectivity index (χ3n) is 7.62. The van der Waals surface area contributed by atoms with Gasteiger partial charge >= 0.3 is 10.2 Å². The molecule has 4 aromatic carbocycles. The average molecular weight is 613 g/mol. The van der Waals surface area contributed by atoms with E-state index in [1.807, 2.05) is 16.9 Å². The van der Waals surface area contributed by atoms with E-state index in [2.05, 4.69) is 57.2 Å². The number of imidazole rings is 1. The second-order valence-corrected chi connectivity index (χ2v) is 13.4. The molecule has 10 heteroatoms. The Balaban J connectivity index is 1.32. The van der Waals surface area contributed by atoms with E-state index in [1.54, 1.807) is 35.0 Å². The fourth-order valence-corrected chi connectivity index (χ4v) is 6.36. The van der Waals surface area contributed by atoms with Crippen LogP contribution in [0.3, 0.4) is 0 Å². The van der Waals surface area contributed by atoms with E-state index in [1.165, 1.54) is 17.7 Å². The number of amides is 1. The van der Waals surface area contributed by atoms with Crippen LogP contribution in [0.15, 0.2) is 97.2 Å². The van der Waals surface area contributed by atoms with Crippen molar-refractivity contribution in [1.29, 1.82) is 0 Å². The summed E-state index contributed by atoms with van der Waals surface area (Å²) >= 11 is 0. The number of hydrogen-bond donors (Lipinski definition) is 1. The quantitative estimate of drug-likeness (QED) is 0.236. The highest BCUT2D eigenvalue weighted by Gasteiger charge is 2.34. The molecule has 1 amide bonds. The van der Waals surface area contributed by atoms with Gasteiger partial charge in [-0.2, -0.15) is 8.42 Å². The molecule has 0 atom stereocenters. The summed E-state index contributed by atoms with van der Waals surface area (Å²) in [5.41, 5.74) is 5.95. The highest BCUT2D eigenvalue weighted by Crippen LogP contribution is 2.30. The lowest BCUT2D eigenvalue weighted by atomic mass is 9.86. The molecule has 6 rings (SSSR count). The largest absolute Gasteiger partial charge is 0.326 e. The van der Waals surface area contributed by atoms with E-state index in [-0.39, 0.29) is 17.5 Å². The normalized spacial score (nSPS) is 14.6. The molecule has 0 spiro atoms. The molecular weight excluding hydrogens is 582 g/mol. The first-order valence-electron chi connectivity index (χ1n) is 14.0. The zero-order chi connectivity index (χ0) is 31.2. The molecular formula is C34H30F2N4O3S. The van der Waals surface area contributed by atoms with E-state index in [0.29, 0.717) is 29.3 Å². The fourth-order valence-electron chi connectivity index (χ4n) is 5.21. The van der Waals surface area contributed by atoms with Gasteiger partial charge in [-0.15, -0.1) is 0 Å². The first kappa shape index (κ1) is 29.3. The maximum Gasteiger partial charge on any atom is 0.326 e. The van der Waals surface area contributed by atoms with Gasteiger partial charge in [0.2, 0.25) is 0 Å². The van der Waals surface area contributed by atoms with Crippen molar-refractivity contribution in [2.24, 2.45) is 0 Å². The SMILES string of the molecule is CC(C)(C)c1ccc(-c2ccc(Cc3nc(-c4ccc(F)cc4F)cn3-c3ccc(N4CC(=O)NS4(=O)=O)cc3)cc2)cc1. The van der Waals surface area contributed by atoms with Gasteiger partial charge in [0, 0.05) is 29.9 Å². The van der Waals surface area contributed by atoms with Gasteiger partial charge in [0.25, 0.3) is 5.91 Å². The Morgan fingerprint density at radius 3 is 2.02 bits per heavy atom. The Bertz CT molecular complexity index is 1960. The molecule has 5 aromatic rings. The van der Waals surface area contributed by atoms with Crippen LogP contribution >= 0.6 is 0 Å². The summed E-state index contributed by atoms with van der Waals surface area (Å²) in [4.78, 5) is 16.4. The highest BCUT2D eigenvalue weighted by molar-refractivity contribution is 7.92. The number of nitrogens with zero attached hydrogens (tertiary/aromatic N) is 3. The van der Waals surface area contributed by atoms with Gasteiger partial charge in [-0.1, -0.05) is 69.3 Å². The molecule has 224 valence electrons. The van der Waals surface area contributed by atoms with Gasteiger partial charge in [0.1, 0.15) is 24.0 Å². The molecule has 1 saturated heterocycles. The van der Waals surface area contributed by atoms with Crippen molar-refractivity contribution in [3.05, 3.63) is 126 Å². The number of nitrogens with one attached hydrogen (secondary N) is 1. The van der Waals surface area contributed by atoms with Gasteiger partial charge in [-0.3, -0.25) is 4.79 Å². The fraction of sp³-hybridized carbons (Fsp3) is 0.176.